The first kappa shape index (κ1) is 21.0. The van der Waals surface area contributed by atoms with Crippen LogP contribution in [-0.4, -0.2) is 28.2 Å². The molecule has 4 rings (SSSR count). The normalized spacial score (nSPS) is 13.8. The van der Waals surface area contributed by atoms with Crippen molar-refractivity contribution in [2.24, 2.45) is 0 Å². The van der Waals surface area contributed by atoms with Crippen molar-refractivity contribution in [2.45, 2.75) is 51.2 Å². The van der Waals surface area contributed by atoms with Gasteiger partial charge >= 0.3 is 0 Å². The van der Waals surface area contributed by atoms with E-state index in [4.69, 9.17) is 9.47 Å². The van der Waals surface area contributed by atoms with Gasteiger partial charge in [-0.1, -0.05) is 24.3 Å². The molecule has 1 aliphatic carbocycles. The Morgan fingerprint density at radius 3 is 2.84 bits per heavy atom. The molecule has 6 nitrogen and oxygen atoms in total. The molecule has 1 N–H and O–H groups in total. The van der Waals surface area contributed by atoms with E-state index >= 15 is 0 Å². The van der Waals surface area contributed by atoms with Crippen LogP contribution in [0.15, 0.2) is 67.3 Å². The van der Waals surface area contributed by atoms with Gasteiger partial charge in [0.05, 0.1) is 24.7 Å². The Labute approximate surface area is 183 Å². The first-order valence-electron chi connectivity index (χ1n) is 11.0. The van der Waals surface area contributed by atoms with Gasteiger partial charge in [0.25, 0.3) is 0 Å². The Morgan fingerprint density at radius 1 is 1.13 bits per heavy atom. The van der Waals surface area contributed by atoms with E-state index in [1.54, 1.807) is 12.5 Å². The van der Waals surface area contributed by atoms with Gasteiger partial charge in [-0.3, -0.25) is 4.79 Å². The smallest absolute Gasteiger partial charge is 0.224 e. The van der Waals surface area contributed by atoms with E-state index in [-0.39, 0.29) is 5.91 Å². The molecule has 162 valence electrons. The van der Waals surface area contributed by atoms with Gasteiger partial charge in [-0.15, -0.1) is 0 Å². The summed E-state index contributed by atoms with van der Waals surface area (Å²) in [5, 5.41) is 2.98. The van der Waals surface area contributed by atoms with Crippen molar-refractivity contribution < 1.29 is 14.3 Å². The van der Waals surface area contributed by atoms with E-state index in [9.17, 15) is 4.79 Å². The maximum absolute atomic E-state index is 12.6. The molecule has 2 aromatic carbocycles. The number of amides is 1. The van der Waals surface area contributed by atoms with Gasteiger partial charge in [0, 0.05) is 18.8 Å². The predicted octanol–water partition coefficient (Wildman–Crippen LogP) is 4.85. The number of rotatable bonds is 10. The van der Waals surface area contributed by atoms with Gasteiger partial charge in [-0.05, 0) is 61.9 Å². The summed E-state index contributed by atoms with van der Waals surface area (Å²) in [4.78, 5) is 16.6. The van der Waals surface area contributed by atoms with Crippen LogP contribution in [0, 0.1) is 0 Å². The number of anilines is 1. The van der Waals surface area contributed by atoms with Crippen LogP contribution in [0.4, 0.5) is 5.69 Å². The molecule has 1 heterocycles. The summed E-state index contributed by atoms with van der Waals surface area (Å²) in [7, 11) is 0. The van der Waals surface area contributed by atoms with Crippen LogP contribution in [0.5, 0.6) is 11.5 Å². The first-order valence-corrected chi connectivity index (χ1v) is 11.0. The Bertz CT molecular complexity index is 966. The summed E-state index contributed by atoms with van der Waals surface area (Å²) in [6, 6.07) is 15.6. The summed E-state index contributed by atoms with van der Waals surface area (Å²) in [5.74, 6) is 1.54. The summed E-state index contributed by atoms with van der Waals surface area (Å²) in [6.07, 6.45) is 11.6. The molecular formula is C25H29N3O3. The Hall–Kier alpha value is -3.28. The average molecular weight is 420 g/mol. The standard InChI is InChI=1S/C25H29N3O3/c29-25(13-12-20-6-5-9-22(18-20)31-21-7-1-2-8-21)27-23-10-3-4-11-24(23)30-17-16-28-15-14-26-19-28/h3-6,9-11,14-15,18-19,21H,1-2,7-8,12-13,16-17H2,(H,27,29). The molecule has 1 aliphatic rings. The van der Waals surface area contributed by atoms with E-state index in [0.717, 1.165) is 24.2 Å². The number of hydrogen-bond acceptors (Lipinski definition) is 4. The number of aryl methyl sites for hydroxylation is 1. The van der Waals surface area contributed by atoms with Crippen molar-refractivity contribution in [1.29, 1.82) is 0 Å². The molecule has 6 heteroatoms. The number of para-hydroxylation sites is 2. The van der Waals surface area contributed by atoms with Crippen LogP contribution < -0.4 is 14.8 Å². The highest BCUT2D eigenvalue weighted by atomic mass is 16.5. The van der Waals surface area contributed by atoms with Crippen molar-refractivity contribution in [3.8, 4) is 11.5 Å². The number of nitrogens with zero attached hydrogens (tertiary/aromatic N) is 2. The summed E-state index contributed by atoms with van der Waals surface area (Å²) in [5.41, 5.74) is 1.80. The van der Waals surface area contributed by atoms with Crippen LogP contribution in [0.3, 0.4) is 0 Å². The lowest BCUT2D eigenvalue weighted by atomic mass is 10.1. The van der Waals surface area contributed by atoms with Crippen molar-refractivity contribution in [3.63, 3.8) is 0 Å². The van der Waals surface area contributed by atoms with Crippen LogP contribution >= 0.6 is 0 Å². The third-order valence-electron chi connectivity index (χ3n) is 5.47. The second kappa shape index (κ2) is 10.7. The molecule has 3 aromatic rings. The fourth-order valence-electron chi connectivity index (χ4n) is 3.82. The molecule has 0 unspecified atom stereocenters. The number of hydrogen-bond donors (Lipinski definition) is 1. The molecule has 0 aliphatic heterocycles. The highest BCUT2D eigenvalue weighted by Crippen LogP contribution is 2.26. The minimum atomic E-state index is -0.0345. The molecule has 1 fully saturated rings. The van der Waals surface area contributed by atoms with E-state index in [1.165, 1.54) is 12.8 Å². The summed E-state index contributed by atoms with van der Waals surface area (Å²) >= 11 is 0. The Balaban J connectivity index is 1.27. The predicted molar refractivity (Wildman–Crippen MR) is 120 cm³/mol. The topological polar surface area (TPSA) is 65.4 Å². The van der Waals surface area contributed by atoms with E-state index < -0.39 is 0 Å². The van der Waals surface area contributed by atoms with Crippen LogP contribution in [0.25, 0.3) is 0 Å². The second-order valence-corrected chi connectivity index (χ2v) is 7.87. The highest BCUT2D eigenvalue weighted by Gasteiger charge is 2.16. The van der Waals surface area contributed by atoms with Crippen LogP contribution in [0.2, 0.25) is 0 Å². The highest BCUT2D eigenvalue weighted by molar-refractivity contribution is 5.92. The SMILES string of the molecule is O=C(CCc1cccc(OC2CCCC2)c1)Nc1ccccc1OCCn1ccnc1. The van der Waals surface area contributed by atoms with E-state index in [2.05, 4.69) is 16.4 Å². The zero-order chi connectivity index (χ0) is 21.3. The summed E-state index contributed by atoms with van der Waals surface area (Å²) < 4.78 is 13.9. The fourth-order valence-corrected chi connectivity index (χ4v) is 3.82. The minimum absolute atomic E-state index is 0.0345. The second-order valence-electron chi connectivity index (χ2n) is 7.87. The number of imidazole rings is 1. The average Bonchev–Trinajstić information content (AvgIpc) is 3.48. The molecule has 0 radical (unpaired) electrons. The van der Waals surface area contributed by atoms with Crippen molar-refractivity contribution in [1.82, 2.24) is 9.55 Å². The molecular weight excluding hydrogens is 390 g/mol. The molecule has 1 amide bonds. The molecule has 0 atom stereocenters. The van der Waals surface area contributed by atoms with Gasteiger partial charge in [-0.2, -0.15) is 0 Å². The van der Waals surface area contributed by atoms with Gasteiger partial charge in [0.1, 0.15) is 18.1 Å². The van der Waals surface area contributed by atoms with Gasteiger partial charge in [0.15, 0.2) is 0 Å². The Kier molecular flexibility index (Phi) is 7.21. The molecule has 31 heavy (non-hydrogen) atoms. The zero-order valence-electron chi connectivity index (χ0n) is 17.7. The third-order valence-corrected chi connectivity index (χ3v) is 5.47. The summed E-state index contributed by atoms with van der Waals surface area (Å²) in [6.45, 7) is 1.19. The lowest BCUT2D eigenvalue weighted by Crippen LogP contribution is -2.14. The quantitative estimate of drug-likeness (QED) is 0.510. The molecule has 0 spiro atoms. The molecule has 0 bridgehead atoms. The molecule has 1 saturated carbocycles. The van der Waals surface area contributed by atoms with Gasteiger partial charge in [-0.25, -0.2) is 4.98 Å². The van der Waals surface area contributed by atoms with Gasteiger partial charge < -0.3 is 19.4 Å². The number of benzene rings is 2. The molecule has 0 saturated heterocycles. The van der Waals surface area contributed by atoms with E-state index in [1.807, 2.05) is 53.2 Å². The number of nitrogens with one attached hydrogen (secondary N) is 1. The van der Waals surface area contributed by atoms with E-state index in [0.29, 0.717) is 43.5 Å². The van der Waals surface area contributed by atoms with Crippen molar-refractivity contribution in [2.75, 3.05) is 11.9 Å². The number of carbonyl (C=O) groups excluding carboxylic acids is 1. The number of ether oxygens (including phenoxy) is 2. The maximum atomic E-state index is 12.6. The monoisotopic (exact) mass is 419 g/mol. The maximum Gasteiger partial charge on any atom is 0.224 e. The first-order chi connectivity index (χ1) is 15.3. The third kappa shape index (κ3) is 6.35. The lowest BCUT2D eigenvalue weighted by Gasteiger charge is -2.14. The largest absolute Gasteiger partial charge is 0.490 e. The Morgan fingerprint density at radius 2 is 2.00 bits per heavy atom. The van der Waals surface area contributed by atoms with Crippen molar-refractivity contribution in [3.05, 3.63) is 72.8 Å². The molecule has 1 aromatic heterocycles. The number of aromatic nitrogens is 2. The van der Waals surface area contributed by atoms with Crippen molar-refractivity contribution >= 4 is 11.6 Å². The van der Waals surface area contributed by atoms with Crippen LogP contribution in [-0.2, 0) is 17.8 Å². The van der Waals surface area contributed by atoms with Gasteiger partial charge in [0.2, 0.25) is 5.91 Å². The minimum Gasteiger partial charge on any atom is -0.490 e. The lowest BCUT2D eigenvalue weighted by molar-refractivity contribution is -0.116. The fraction of sp³-hybridized carbons (Fsp3) is 0.360. The number of carbonyl (C=O) groups is 1. The zero-order valence-corrected chi connectivity index (χ0v) is 17.7. The van der Waals surface area contributed by atoms with Crippen LogP contribution in [0.1, 0.15) is 37.7 Å².